The van der Waals surface area contributed by atoms with Gasteiger partial charge in [0.05, 0.1) is 10.6 Å². The van der Waals surface area contributed by atoms with Gasteiger partial charge in [0, 0.05) is 11.5 Å². The molecule has 1 aromatic heterocycles. The summed E-state index contributed by atoms with van der Waals surface area (Å²) in [5, 5.41) is 0.530. The van der Waals surface area contributed by atoms with E-state index in [9.17, 15) is 8.78 Å². The molecule has 0 amide bonds. The highest BCUT2D eigenvalue weighted by Gasteiger charge is 2.19. The molecular formula is C7H4Br2ClF2N. The van der Waals surface area contributed by atoms with E-state index in [0.29, 0.717) is 5.56 Å². The molecule has 0 spiro atoms. The van der Waals surface area contributed by atoms with Crippen molar-refractivity contribution in [2.24, 2.45) is 0 Å². The van der Waals surface area contributed by atoms with E-state index in [1.807, 2.05) is 0 Å². The maximum Gasteiger partial charge on any atom is 0.266 e. The van der Waals surface area contributed by atoms with Gasteiger partial charge in [0.2, 0.25) is 0 Å². The molecular weight excluding hydrogens is 331 g/mol. The fourth-order valence-electron chi connectivity index (χ4n) is 0.872. The zero-order valence-corrected chi connectivity index (χ0v) is 10.1. The number of nitrogens with zero attached hydrogens (tertiary/aromatic N) is 1. The molecule has 72 valence electrons. The zero-order valence-electron chi connectivity index (χ0n) is 6.20. The second kappa shape index (κ2) is 4.66. The van der Waals surface area contributed by atoms with Crippen LogP contribution >= 0.6 is 43.5 Å². The third kappa shape index (κ3) is 2.39. The number of halogens is 5. The van der Waals surface area contributed by atoms with Crippen LogP contribution in [0.15, 0.2) is 10.8 Å². The van der Waals surface area contributed by atoms with Crippen molar-refractivity contribution in [2.45, 2.75) is 11.8 Å². The number of alkyl halides is 3. The number of hydrogen-bond acceptors (Lipinski definition) is 1. The van der Waals surface area contributed by atoms with Crippen molar-refractivity contribution in [3.8, 4) is 0 Å². The Morgan fingerprint density at radius 1 is 1.54 bits per heavy atom. The Morgan fingerprint density at radius 2 is 2.15 bits per heavy atom. The molecule has 0 radical (unpaired) electrons. The number of pyridine rings is 1. The van der Waals surface area contributed by atoms with Crippen LogP contribution in [0, 0.1) is 0 Å². The molecule has 0 fully saturated rings. The Morgan fingerprint density at radius 3 is 2.54 bits per heavy atom. The lowest BCUT2D eigenvalue weighted by molar-refractivity contribution is 0.149. The first-order valence-corrected chi connectivity index (χ1v) is 5.54. The molecule has 0 saturated heterocycles. The Kier molecular flexibility index (Phi) is 4.06. The minimum atomic E-state index is -2.58. The van der Waals surface area contributed by atoms with Gasteiger partial charge in [-0.2, -0.15) is 0 Å². The summed E-state index contributed by atoms with van der Waals surface area (Å²) in [4.78, 5) is 3.69. The topological polar surface area (TPSA) is 12.9 Å². The van der Waals surface area contributed by atoms with E-state index in [2.05, 4.69) is 36.8 Å². The van der Waals surface area contributed by atoms with Crippen LogP contribution in [-0.2, 0) is 5.33 Å². The molecule has 1 aromatic rings. The van der Waals surface area contributed by atoms with E-state index in [-0.39, 0.29) is 20.5 Å². The summed E-state index contributed by atoms with van der Waals surface area (Å²) in [5.41, 5.74) is 0.225. The number of hydrogen-bond donors (Lipinski definition) is 0. The predicted molar refractivity (Wildman–Crippen MR) is 54.5 cm³/mol. The molecule has 0 saturated carbocycles. The van der Waals surface area contributed by atoms with E-state index in [1.54, 1.807) is 0 Å². The minimum Gasteiger partial charge on any atom is -0.247 e. The van der Waals surface area contributed by atoms with Crippen molar-refractivity contribution in [3.05, 3.63) is 26.9 Å². The van der Waals surface area contributed by atoms with E-state index in [0.717, 1.165) is 0 Å². The van der Waals surface area contributed by atoms with Crippen LogP contribution < -0.4 is 0 Å². The zero-order chi connectivity index (χ0) is 10.0. The summed E-state index contributed by atoms with van der Waals surface area (Å²) in [6, 6.07) is 0. The fourth-order valence-corrected chi connectivity index (χ4v) is 2.37. The van der Waals surface area contributed by atoms with Gasteiger partial charge >= 0.3 is 0 Å². The lowest BCUT2D eigenvalue weighted by Crippen LogP contribution is -1.97. The second-order valence-electron chi connectivity index (χ2n) is 2.22. The summed E-state index contributed by atoms with van der Waals surface area (Å²) in [5.74, 6) is 0. The van der Waals surface area contributed by atoms with E-state index in [4.69, 9.17) is 11.6 Å². The summed E-state index contributed by atoms with van der Waals surface area (Å²) in [7, 11) is 0. The molecule has 1 heterocycles. The van der Waals surface area contributed by atoms with Crippen molar-refractivity contribution >= 4 is 43.5 Å². The van der Waals surface area contributed by atoms with Crippen LogP contribution in [0.4, 0.5) is 8.78 Å². The average molecular weight is 335 g/mol. The Balaban J connectivity index is 3.35. The Bertz CT molecular complexity index is 320. The van der Waals surface area contributed by atoms with Crippen LogP contribution in [0.3, 0.4) is 0 Å². The lowest BCUT2D eigenvalue weighted by atomic mass is 10.2. The van der Waals surface area contributed by atoms with Gasteiger partial charge in [-0.05, 0) is 21.5 Å². The van der Waals surface area contributed by atoms with Crippen LogP contribution in [0.2, 0.25) is 5.02 Å². The molecule has 6 heteroatoms. The van der Waals surface area contributed by atoms with Crippen molar-refractivity contribution in [1.29, 1.82) is 0 Å². The van der Waals surface area contributed by atoms with Crippen LogP contribution in [-0.4, -0.2) is 4.98 Å². The van der Waals surface area contributed by atoms with Crippen molar-refractivity contribution in [2.75, 3.05) is 0 Å². The molecule has 0 N–H and O–H groups in total. The van der Waals surface area contributed by atoms with Gasteiger partial charge in [-0.1, -0.05) is 27.5 Å². The molecule has 0 atom stereocenters. The van der Waals surface area contributed by atoms with Crippen LogP contribution in [0.1, 0.15) is 17.6 Å². The fraction of sp³-hybridized carbons (Fsp3) is 0.286. The van der Waals surface area contributed by atoms with E-state index < -0.39 is 6.43 Å². The SMILES string of the molecule is FC(F)c1c(Br)ncc(Cl)c1CBr. The molecule has 0 aliphatic heterocycles. The minimum absolute atomic E-state index is 0.140. The molecule has 0 aromatic carbocycles. The van der Waals surface area contributed by atoms with Crippen LogP contribution in [0.5, 0.6) is 0 Å². The molecule has 0 bridgehead atoms. The summed E-state index contributed by atoms with van der Waals surface area (Å²) < 4.78 is 25.2. The lowest BCUT2D eigenvalue weighted by Gasteiger charge is -2.09. The third-order valence-corrected chi connectivity index (χ3v) is 3.00. The van der Waals surface area contributed by atoms with Gasteiger partial charge in [0.25, 0.3) is 6.43 Å². The molecule has 0 aliphatic carbocycles. The van der Waals surface area contributed by atoms with E-state index in [1.165, 1.54) is 6.20 Å². The normalized spacial score (nSPS) is 10.9. The Labute approximate surface area is 95.8 Å². The first-order chi connectivity index (χ1) is 6.07. The largest absolute Gasteiger partial charge is 0.266 e. The molecule has 1 rings (SSSR count). The van der Waals surface area contributed by atoms with E-state index >= 15 is 0 Å². The van der Waals surface area contributed by atoms with Crippen molar-refractivity contribution in [1.82, 2.24) is 4.98 Å². The van der Waals surface area contributed by atoms with Gasteiger partial charge in [-0.25, -0.2) is 13.8 Å². The monoisotopic (exact) mass is 333 g/mol. The smallest absolute Gasteiger partial charge is 0.247 e. The third-order valence-electron chi connectivity index (χ3n) is 1.48. The molecule has 0 unspecified atom stereocenters. The van der Waals surface area contributed by atoms with Gasteiger partial charge in [0.15, 0.2) is 0 Å². The second-order valence-corrected chi connectivity index (χ2v) is 3.94. The first-order valence-electron chi connectivity index (χ1n) is 3.24. The Hall–Kier alpha value is 0.260. The highest BCUT2D eigenvalue weighted by molar-refractivity contribution is 9.10. The maximum atomic E-state index is 12.5. The van der Waals surface area contributed by atoms with Gasteiger partial charge < -0.3 is 0 Å². The summed E-state index contributed by atoms with van der Waals surface area (Å²) in [6.45, 7) is 0. The summed E-state index contributed by atoms with van der Waals surface area (Å²) >= 11 is 11.7. The highest BCUT2D eigenvalue weighted by atomic mass is 79.9. The van der Waals surface area contributed by atoms with Gasteiger partial charge in [-0.15, -0.1) is 0 Å². The summed E-state index contributed by atoms with van der Waals surface area (Å²) in [6.07, 6.45) is -1.23. The highest BCUT2D eigenvalue weighted by Crippen LogP contribution is 2.34. The average Bonchev–Trinajstić information content (AvgIpc) is 2.07. The van der Waals surface area contributed by atoms with Gasteiger partial charge in [0.1, 0.15) is 4.60 Å². The quantitative estimate of drug-likeness (QED) is 0.579. The number of aromatic nitrogens is 1. The van der Waals surface area contributed by atoms with Crippen molar-refractivity contribution in [3.63, 3.8) is 0 Å². The van der Waals surface area contributed by atoms with Crippen LogP contribution in [0.25, 0.3) is 0 Å². The first kappa shape index (κ1) is 11.3. The molecule has 13 heavy (non-hydrogen) atoms. The standard InChI is InChI=1S/C7H4Br2ClF2N/c8-1-3-4(10)2-13-6(9)5(3)7(11)12/h2,7H,1H2. The van der Waals surface area contributed by atoms with Gasteiger partial charge in [-0.3, -0.25) is 0 Å². The maximum absolute atomic E-state index is 12.5. The van der Waals surface area contributed by atoms with Crippen molar-refractivity contribution < 1.29 is 8.78 Å². The molecule has 0 aliphatic rings. The molecule has 1 nitrogen and oxygen atoms in total. The number of rotatable bonds is 2. The predicted octanol–water partition coefficient (Wildman–Crippen LogP) is 4.33.